The van der Waals surface area contributed by atoms with Crippen LogP contribution in [0.25, 0.3) is 0 Å². The second-order valence-corrected chi connectivity index (χ2v) is 6.59. The highest BCUT2D eigenvalue weighted by atomic mass is 79.9. The van der Waals surface area contributed by atoms with Crippen LogP contribution in [0, 0.1) is 13.8 Å². The smallest absolute Gasteiger partial charge is 0.125 e. The number of methoxy groups -OCH3 is 1. The van der Waals surface area contributed by atoms with Crippen LogP contribution in [-0.4, -0.2) is 7.11 Å². The van der Waals surface area contributed by atoms with Gasteiger partial charge < -0.3 is 10.5 Å². The fourth-order valence-corrected chi connectivity index (χ4v) is 3.05. The van der Waals surface area contributed by atoms with Gasteiger partial charge in [-0.2, -0.15) is 0 Å². The molecule has 2 rings (SSSR count). The van der Waals surface area contributed by atoms with Crippen molar-refractivity contribution >= 4 is 31.9 Å². The summed E-state index contributed by atoms with van der Waals surface area (Å²) in [6.07, 6.45) is 0. The van der Waals surface area contributed by atoms with E-state index in [9.17, 15) is 0 Å². The third kappa shape index (κ3) is 3.08. The third-order valence-corrected chi connectivity index (χ3v) is 4.76. The lowest BCUT2D eigenvalue weighted by Gasteiger charge is -2.19. The SMILES string of the molecule is COc1cc(Br)ccc1C(N)c1cc(C)c(Br)cc1C. The second kappa shape index (κ2) is 6.29. The number of nitrogens with two attached hydrogens (primary N) is 1. The van der Waals surface area contributed by atoms with Crippen LogP contribution in [-0.2, 0) is 0 Å². The molecular weight excluding hydrogens is 382 g/mol. The molecule has 0 aliphatic heterocycles. The maximum absolute atomic E-state index is 6.45. The number of aryl methyl sites for hydroxylation is 2. The predicted octanol–water partition coefficient (Wildman–Crippen LogP) is 4.89. The van der Waals surface area contributed by atoms with Crippen molar-refractivity contribution in [2.75, 3.05) is 7.11 Å². The molecule has 106 valence electrons. The quantitative estimate of drug-likeness (QED) is 0.799. The van der Waals surface area contributed by atoms with Gasteiger partial charge in [-0.05, 0) is 48.7 Å². The molecule has 0 fully saturated rings. The maximum atomic E-state index is 6.45. The number of hydrogen-bond donors (Lipinski definition) is 1. The van der Waals surface area contributed by atoms with E-state index in [4.69, 9.17) is 10.5 Å². The molecule has 0 aromatic heterocycles. The summed E-state index contributed by atoms with van der Waals surface area (Å²) in [6, 6.07) is 9.96. The van der Waals surface area contributed by atoms with E-state index in [0.29, 0.717) is 0 Å². The monoisotopic (exact) mass is 397 g/mol. The summed E-state index contributed by atoms with van der Waals surface area (Å²) in [5.74, 6) is 0.798. The number of rotatable bonds is 3. The molecule has 0 heterocycles. The first-order chi connectivity index (χ1) is 9.43. The number of benzene rings is 2. The first kappa shape index (κ1) is 15.5. The Balaban J connectivity index is 2.51. The molecule has 1 atom stereocenters. The molecule has 0 spiro atoms. The highest BCUT2D eigenvalue weighted by Gasteiger charge is 2.17. The minimum atomic E-state index is -0.204. The van der Waals surface area contributed by atoms with Crippen molar-refractivity contribution in [2.24, 2.45) is 5.73 Å². The minimum Gasteiger partial charge on any atom is -0.496 e. The van der Waals surface area contributed by atoms with E-state index in [1.54, 1.807) is 7.11 Å². The standard InChI is InChI=1S/C16H17Br2NO/c1-9-7-14(18)10(2)6-13(9)16(19)12-5-4-11(17)8-15(12)20-3/h4-8,16H,19H2,1-3H3. The molecule has 0 radical (unpaired) electrons. The van der Waals surface area contributed by atoms with Crippen LogP contribution in [0.5, 0.6) is 5.75 Å². The van der Waals surface area contributed by atoms with Crippen molar-refractivity contribution in [3.63, 3.8) is 0 Å². The Morgan fingerprint density at radius 1 is 1.00 bits per heavy atom. The minimum absolute atomic E-state index is 0.204. The molecule has 2 aromatic carbocycles. The van der Waals surface area contributed by atoms with E-state index < -0.39 is 0 Å². The molecule has 20 heavy (non-hydrogen) atoms. The van der Waals surface area contributed by atoms with Crippen molar-refractivity contribution in [1.82, 2.24) is 0 Å². The van der Waals surface area contributed by atoms with Gasteiger partial charge in [0.25, 0.3) is 0 Å². The summed E-state index contributed by atoms with van der Waals surface area (Å²) in [5, 5.41) is 0. The molecule has 4 heteroatoms. The lowest BCUT2D eigenvalue weighted by Crippen LogP contribution is -2.14. The van der Waals surface area contributed by atoms with E-state index in [1.807, 2.05) is 18.2 Å². The molecule has 0 aliphatic carbocycles. The Bertz CT molecular complexity index is 641. The zero-order valence-corrected chi connectivity index (χ0v) is 14.9. The normalized spacial score (nSPS) is 12.3. The summed E-state index contributed by atoms with van der Waals surface area (Å²) >= 11 is 7.00. The molecule has 0 saturated heterocycles. The highest BCUT2D eigenvalue weighted by molar-refractivity contribution is 9.10. The van der Waals surface area contributed by atoms with Crippen molar-refractivity contribution in [3.8, 4) is 5.75 Å². The zero-order valence-electron chi connectivity index (χ0n) is 11.7. The Kier molecular flexibility index (Phi) is 4.89. The van der Waals surface area contributed by atoms with Crippen molar-refractivity contribution < 1.29 is 4.74 Å². The van der Waals surface area contributed by atoms with Crippen LogP contribution < -0.4 is 10.5 Å². The fourth-order valence-electron chi connectivity index (χ4n) is 2.25. The van der Waals surface area contributed by atoms with Crippen molar-refractivity contribution in [3.05, 3.63) is 61.5 Å². The summed E-state index contributed by atoms with van der Waals surface area (Å²) in [6.45, 7) is 4.14. The van der Waals surface area contributed by atoms with Crippen LogP contribution in [0.15, 0.2) is 39.3 Å². The van der Waals surface area contributed by atoms with Gasteiger partial charge in [-0.25, -0.2) is 0 Å². The molecule has 1 unspecified atom stereocenters. The van der Waals surface area contributed by atoms with Gasteiger partial charge in [0.05, 0.1) is 13.2 Å². The van der Waals surface area contributed by atoms with Crippen LogP contribution in [0.1, 0.15) is 28.3 Å². The van der Waals surface area contributed by atoms with E-state index in [2.05, 4.69) is 57.8 Å². The summed E-state index contributed by atoms with van der Waals surface area (Å²) in [7, 11) is 1.66. The van der Waals surface area contributed by atoms with Crippen LogP contribution in [0.3, 0.4) is 0 Å². The molecule has 2 nitrogen and oxygen atoms in total. The average molecular weight is 399 g/mol. The first-order valence-corrected chi connectivity index (χ1v) is 7.88. The lowest BCUT2D eigenvalue weighted by molar-refractivity contribution is 0.407. The van der Waals surface area contributed by atoms with Gasteiger partial charge in [-0.1, -0.05) is 44.0 Å². The molecule has 2 aromatic rings. The molecule has 2 N–H and O–H groups in total. The zero-order chi connectivity index (χ0) is 14.9. The predicted molar refractivity (Wildman–Crippen MR) is 90.3 cm³/mol. The Labute approximate surface area is 136 Å². The van der Waals surface area contributed by atoms with Gasteiger partial charge >= 0.3 is 0 Å². The van der Waals surface area contributed by atoms with E-state index in [1.165, 1.54) is 11.1 Å². The Hall–Kier alpha value is -0.840. The number of ether oxygens (including phenoxy) is 1. The van der Waals surface area contributed by atoms with Crippen LogP contribution >= 0.6 is 31.9 Å². The molecular formula is C16H17Br2NO. The summed E-state index contributed by atoms with van der Waals surface area (Å²) < 4.78 is 7.53. The van der Waals surface area contributed by atoms with Gasteiger partial charge in [0.15, 0.2) is 0 Å². The molecule has 0 amide bonds. The van der Waals surface area contributed by atoms with E-state index >= 15 is 0 Å². The van der Waals surface area contributed by atoms with Gasteiger partial charge in [0, 0.05) is 14.5 Å². The molecule has 0 saturated carbocycles. The van der Waals surface area contributed by atoms with Gasteiger partial charge in [-0.15, -0.1) is 0 Å². The second-order valence-electron chi connectivity index (χ2n) is 4.82. The fraction of sp³-hybridized carbons (Fsp3) is 0.250. The number of hydrogen-bond acceptors (Lipinski definition) is 2. The Morgan fingerprint density at radius 2 is 1.70 bits per heavy atom. The topological polar surface area (TPSA) is 35.2 Å². The average Bonchev–Trinajstić information content (AvgIpc) is 2.42. The van der Waals surface area contributed by atoms with Crippen LogP contribution in [0.2, 0.25) is 0 Å². The molecule has 0 bridgehead atoms. The summed E-state index contributed by atoms with van der Waals surface area (Å²) in [5.41, 5.74) is 10.9. The highest BCUT2D eigenvalue weighted by Crippen LogP contribution is 2.33. The van der Waals surface area contributed by atoms with E-state index in [0.717, 1.165) is 25.8 Å². The first-order valence-electron chi connectivity index (χ1n) is 6.29. The summed E-state index contributed by atoms with van der Waals surface area (Å²) in [4.78, 5) is 0. The largest absolute Gasteiger partial charge is 0.496 e. The third-order valence-electron chi connectivity index (χ3n) is 3.41. The van der Waals surface area contributed by atoms with Gasteiger partial charge in [0.2, 0.25) is 0 Å². The molecule has 0 aliphatic rings. The van der Waals surface area contributed by atoms with Crippen molar-refractivity contribution in [2.45, 2.75) is 19.9 Å². The Morgan fingerprint density at radius 3 is 2.35 bits per heavy atom. The lowest BCUT2D eigenvalue weighted by atomic mass is 9.94. The van der Waals surface area contributed by atoms with Crippen molar-refractivity contribution in [1.29, 1.82) is 0 Å². The maximum Gasteiger partial charge on any atom is 0.125 e. The van der Waals surface area contributed by atoms with Gasteiger partial charge in [-0.3, -0.25) is 0 Å². The van der Waals surface area contributed by atoms with Crippen LogP contribution in [0.4, 0.5) is 0 Å². The van der Waals surface area contributed by atoms with E-state index in [-0.39, 0.29) is 6.04 Å². The van der Waals surface area contributed by atoms with Gasteiger partial charge in [0.1, 0.15) is 5.75 Å². The number of halogens is 2.